The lowest BCUT2D eigenvalue weighted by atomic mass is 10.1. The van der Waals surface area contributed by atoms with E-state index in [0.717, 1.165) is 22.2 Å². The van der Waals surface area contributed by atoms with Crippen LogP contribution in [0.5, 0.6) is 17.2 Å². The molecule has 1 unspecified atom stereocenters. The minimum absolute atomic E-state index is 0.0373. The second-order valence-corrected chi connectivity index (χ2v) is 10.2. The summed E-state index contributed by atoms with van der Waals surface area (Å²) in [4.78, 5) is 25.1. The van der Waals surface area contributed by atoms with Gasteiger partial charge in [0, 0.05) is 0 Å². The van der Waals surface area contributed by atoms with Gasteiger partial charge in [-0.2, -0.15) is 0 Å². The van der Waals surface area contributed by atoms with Crippen LogP contribution in [0.25, 0.3) is 6.08 Å². The molecule has 208 valence electrons. The van der Waals surface area contributed by atoms with Gasteiger partial charge in [0.2, 0.25) is 0 Å². The molecule has 0 aliphatic carbocycles. The van der Waals surface area contributed by atoms with Crippen molar-refractivity contribution in [2.24, 2.45) is 0 Å². The highest BCUT2D eigenvalue weighted by atomic mass is 32.2. The number of ether oxygens (including phenoxy) is 3. The van der Waals surface area contributed by atoms with Crippen LogP contribution in [-0.4, -0.2) is 39.1 Å². The van der Waals surface area contributed by atoms with Gasteiger partial charge in [0.1, 0.15) is 29.3 Å². The van der Waals surface area contributed by atoms with Crippen LogP contribution in [0.15, 0.2) is 77.7 Å². The van der Waals surface area contributed by atoms with Crippen molar-refractivity contribution in [3.8, 4) is 17.2 Å². The number of carbonyl (C=O) groups is 2. The Bertz CT molecular complexity index is 1430. The molecule has 1 heterocycles. The van der Waals surface area contributed by atoms with E-state index in [4.69, 9.17) is 26.8 Å². The summed E-state index contributed by atoms with van der Waals surface area (Å²) in [6.07, 6.45) is -3.56. The number of carbonyl (C=O) groups excluding carboxylic acids is 1. The van der Waals surface area contributed by atoms with E-state index in [9.17, 15) is 22.8 Å². The molecule has 1 atom stereocenters. The van der Waals surface area contributed by atoms with Gasteiger partial charge >= 0.3 is 12.3 Å². The first-order valence-corrected chi connectivity index (χ1v) is 13.0. The molecule has 0 radical (unpaired) electrons. The average molecular weight is 590 g/mol. The predicted molar refractivity (Wildman–Crippen MR) is 147 cm³/mol. The Balaban J connectivity index is 1.56. The van der Waals surface area contributed by atoms with Crippen molar-refractivity contribution < 1.29 is 42.1 Å². The zero-order valence-electron chi connectivity index (χ0n) is 20.9. The fraction of sp³-hybridized carbons (Fsp3) is 0.179. The smallest absolute Gasteiger partial charge is 0.485 e. The Morgan fingerprint density at radius 2 is 1.77 bits per heavy atom. The molecule has 1 saturated heterocycles. The molecule has 12 heteroatoms. The molecule has 0 saturated carbocycles. The van der Waals surface area contributed by atoms with E-state index >= 15 is 0 Å². The normalized spacial score (nSPS) is 15.3. The maximum atomic E-state index is 12.7. The summed E-state index contributed by atoms with van der Waals surface area (Å²) in [6, 6.07) is 19.8. The molecule has 1 aliphatic heterocycles. The summed E-state index contributed by atoms with van der Waals surface area (Å²) in [5, 5.41) is 9.06. The molecule has 0 aromatic heterocycles. The van der Waals surface area contributed by atoms with Gasteiger partial charge in [-0.3, -0.25) is 14.5 Å². The molecule has 7 nitrogen and oxygen atoms in total. The number of rotatable bonds is 10. The third-order valence-corrected chi connectivity index (χ3v) is 6.93. The van der Waals surface area contributed by atoms with E-state index in [0.29, 0.717) is 22.6 Å². The van der Waals surface area contributed by atoms with Crippen LogP contribution in [0.4, 0.5) is 13.2 Å². The largest absolute Gasteiger partial charge is 0.573 e. The second-order valence-electron chi connectivity index (χ2n) is 8.52. The van der Waals surface area contributed by atoms with Gasteiger partial charge in [0.15, 0.2) is 11.5 Å². The summed E-state index contributed by atoms with van der Waals surface area (Å²) >= 11 is 6.16. The van der Waals surface area contributed by atoms with Crippen LogP contribution in [-0.2, 0) is 16.2 Å². The maximum absolute atomic E-state index is 12.7. The second kappa shape index (κ2) is 12.4. The lowest BCUT2D eigenvalue weighted by molar-refractivity contribution is -0.274. The molecule has 3 aromatic carbocycles. The Morgan fingerprint density at radius 1 is 1.07 bits per heavy atom. The van der Waals surface area contributed by atoms with Crippen molar-refractivity contribution in [1.82, 2.24) is 4.90 Å². The number of aliphatic carboxylic acids is 1. The number of carboxylic acids is 1. The van der Waals surface area contributed by atoms with E-state index in [1.54, 1.807) is 24.3 Å². The van der Waals surface area contributed by atoms with E-state index < -0.39 is 24.8 Å². The first-order valence-electron chi connectivity index (χ1n) is 11.8. The number of hydrogen-bond acceptors (Lipinski definition) is 7. The molecule has 4 rings (SSSR count). The predicted octanol–water partition coefficient (Wildman–Crippen LogP) is 6.59. The van der Waals surface area contributed by atoms with Crippen LogP contribution in [0.1, 0.15) is 29.7 Å². The van der Waals surface area contributed by atoms with Gasteiger partial charge in [-0.1, -0.05) is 72.5 Å². The average Bonchev–Trinajstić information content (AvgIpc) is 3.15. The third-order valence-electron chi connectivity index (χ3n) is 5.56. The van der Waals surface area contributed by atoms with Gasteiger partial charge < -0.3 is 19.3 Å². The Labute approximate surface area is 237 Å². The minimum Gasteiger partial charge on any atom is -0.485 e. The minimum atomic E-state index is -4.78. The zero-order chi connectivity index (χ0) is 28.9. The van der Waals surface area contributed by atoms with Gasteiger partial charge in [0.25, 0.3) is 5.91 Å². The van der Waals surface area contributed by atoms with Crippen molar-refractivity contribution in [2.45, 2.75) is 26.0 Å². The fourth-order valence-electron chi connectivity index (χ4n) is 3.68. The Hall–Kier alpha value is -4.03. The highest BCUT2D eigenvalue weighted by Crippen LogP contribution is 2.37. The van der Waals surface area contributed by atoms with E-state index in [1.165, 1.54) is 24.3 Å². The fourth-order valence-corrected chi connectivity index (χ4v) is 4.93. The van der Waals surface area contributed by atoms with Crippen LogP contribution in [0, 0.1) is 0 Å². The Kier molecular flexibility index (Phi) is 9.00. The summed E-state index contributed by atoms with van der Waals surface area (Å²) in [5.74, 6) is -1.28. The first-order chi connectivity index (χ1) is 19.0. The number of benzene rings is 3. The molecule has 0 bridgehead atoms. The molecule has 0 spiro atoms. The molecule has 1 fully saturated rings. The lowest BCUT2D eigenvalue weighted by Crippen LogP contribution is -2.33. The zero-order valence-corrected chi connectivity index (χ0v) is 22.5. The van der Waals surface area contributed by atoms with Crippen LogP contribution in [0.3, 0.4) is 0 Å². The van der Waals surface area contributed by atoms with Crippen molar-refractivity contribution in [3.05, 3.63) is 94.4 Å². The molecule has 1 N–H and O–H groups in total. The number of thioether (sulfide) groups is 1. The quantitative estimate of drug-likeness (QED) is 0.210. The van der Waals surface area contributed by atoms with Gasteiger partial charge in [-0.15, -0.1) is 13.2 Å². The highest BCUT2D eigenvalue weighted by molar-refractivity contribution is 8.26. The van der Waals surface area contributed by atoms with Gasteiger partial charge in [0.05, 0.1) is 4.91 Å². The van der Waals surface area contributed by atoms with Gasteiger partial charge in [-0.05, 0) is 54.0 Å². The lowest BCUT2D eigenvalue weighted by Gasteiger charge is -2.19. The van der Waals surface area contributed by atoms with Gasteiger partial charge in [-0.25, -0.2) is 0 Å². The summed E-state index contributed by atoms with van der Waals surface area (Å²) in [5.41, 5.74) is 2.10. The van der Waals surface area contributed by atoms with E-state index in [2.05, 4.69) is 4.74 Å². The summed E-state index contributed by atoms with van der Waals surface area (Å²) in [7, 11) is 0. The number of alkyl halides is 3. The van der Waals surface area contributed by atoms with Crippen molar-refractivity contribution in [1.29, 1.82) is 0 Å². The molecule has 40 heavy (non-hydrogen) atoms. The number of halogens is 3. The number of carboxylic acid groups (broad SMARTS) is 1. The number of nitrogens with zero attached hydrogens (tertiary/aromatic N) is 1. The first kappa shape index (κ1) is 29.0. The Morgan fingerprint density at radius 3 is 2.42 bits per heavy atom. The SMILES string of the molecule is CC(Oc1cc(/C=C2/SC(=S)N(CC(=O)O)C2=O)ccc1OCc1ccc(OC(F)(F)F)cc1)c1ccccc1. The number of hydrogen-bond donors (Lipinski definition) is 1. The maximum Gasteiger partial charge on any atom is 0.573 e. The molecular weight excluding hydrogens is 567 g/mol. The van der Waals surface area contributed by atoms with Crippen molar-refractivity contribution in [2.75, 3.05) is 6.54 Å². The van der Waals surface area contributed by atoms with Crippen molar-refractivity contribution in [3.63, 3.8) is 0 Å². The number of thiocarbonyl (C=S) groups is 1. The number of amides is 1. The van der Waals surface area contributed by atoms with Crippen LogP contribution < -0.4 is 14.2 Å². The standard InChI is InChI=1S/C28H22F3NO6S2/c1-17(20-5-3-2-4-6-20)37-23-13-19(14-24-26(35)32(15-25(33)34)27(39)40-24)9-12-22(23)36-16-18-7-10-21(11-8-18)38-28(29,30)31/h2-14,17H,15-16H2,1H3,(H,33,34)/b24-14+. The highest BCUT2D eigenvalue weighted by Gasteiger charge is 2.33. The van der Waals surface area contributed by atoms with Crippen molar-refractivity contribution >= 4 is 46.3 Å². The summed E-state index contributed by atoms with van der Waals surface area (Å²) < 4.78 is 53.5. The molecule has 1 aliphatic rings. The molecule has 3 aromatic rings. The molecular formula is C28H22F3NO6S2. The topological polar surface area (TPSA) is 85.3 Å². The molecule has 1 amide bonds. The van der Waals surface area contributed by atoms with E-state index in [-0.39, 0.29) is 27.7 Å². The third kappa shape index (κ3) is 7.76. The monoisotopic (exact) mass is 589 g/mol. The summed E-state index contributed by atoms with van der Waals surface area (Å²) in [6.45, 7) is 1.37. The van der Waals surface area contributed by atoms with Crippen LogP contribution >= 0.6 is 24.0 Å². The van der Waals surface area contributed by atoms with Crippen LogP contribution in [0.2, 0.25) is 0 Å². The van der Waals surface area contributed by atoms with E-state index in [1.807, 2.05) is 37.3 Å².